The van der Waals surface area contributed by atoms with E-state index < -0.39 is 11.2 Å². The van der Waals surface area contributed by atoms with E-state index in [0.29, 0.717) is 137 Å². The van der Waals surface area contributed by atoms with E-state index in [1.54, 1.807) is 0 Å². The van der Waals surface area contributed by atoms with Gasteiger partial charge in [0, 0.05) is 0 Å². The lowest BCUT2D eigenvalue weighted by atomic mass is 9.51. The molecule has 6 unspecified atom stereocenters. The molecule has 2 heterocycles. The summed E-state index contributed by atoms with van der Waals surface area (Å²) in [5.41, 5.74) is -1.98. The van der Waals surface area contributed by atoms with Gasteiger partial charge in [0.25, 0.3) is 0 Å². The lowest BCUT2D eigenvalue weighted by Crippen LogP contribution is -2.65. The van der Waals surface area contributed by atoms with Crippen LogP contribution < -0.4 is 43.0 Å². The summed E-state index contributed by atoms with van der Waals surface area (Å²) >= 11 is 0. The van der Waals surface area contributed by atoms with E-state index in [9.17, 15) is 0 Å². The molecule has 0 aromatic heterocycles. The highest BCUT2D eigenvalue weighted by molar-refractivity contribution is 5.42. The van der Waals surface area contributed by atoms with Crippen molar-refractivity contribution in [3.63, 3.8) is 0 Å². The van der Waals surface area contributed by atoms with Crippen LogP contribution in [-0.4, -0.2) is 97.1 Å². The second-order valence-corrected chi connectivity index (χ2v) is 22.9. The van der Waals surface area contributed by atoms with Crippen LogP contribution in [0.15, 0.2) is 97.1 Å². The summed E-state index contributed by atoms with van der Waals surface area (Å²) in [6.45, 7) is 4.98. The Morgan fingerprint density at radius 2 is 0.763 bits per heavy atom. The third-order valence-electron chi connectivity index (χ3n) is 18.9. The van der Waals surface area contributed by atoms with Crippen molar-refractivity contribution >= 4 is 0 Å². The predicted octanol–water partition coefficient (Wildman–Crippen LogP) is 11.6. The second kappa shape index (κ2) is 25.7. The van der Waals surface area contributed by atoms with Crippen LogP contribution in [0.4, 0.5) is 0 Å². The van der Waals surface area contributed by atoms with Gasteiger partial charge >= 0.3 is 0 Å². The molecular formula is C64H83O12-. The Bertz CT molecular complexity index is 2430. The van der Waals surface area contributed by atoms with Crippen LogP contribution in [0.25, 0.3) is 0 Å². The Morgan fingerprint density at radius 3 is 1.32 bits per heavy atom. The van der Waals surface area contributed by atoms with Crippen molar-refractivity contribution in [1.82, 2.24) is 0 Å². The molecule has 76 heavy (non-hydrogen) atoms. The normalized spacial score (nSPS) is 33.2. The van der Waals surface area contributed by atoms with Gasteiger partial charge in [-0.1, -0.05) is 112 Å². The fraction of sp³-hybridized carbons (Fsp3) is 0.625. The Morgan fingerprint density at radius 1 is 0.329 bits per heavy atom. The second-order valence-electron chi connectivity index (χ2n) is 22.9. The Labute approximate surface area is 451 Å². The summed E-state index contributed by atoms with van der Waals surface area (Å²) in [4.78, 5) is 0. The molecule has 5 aliphatic carbocycles. The minimum absolute atomic E-state index is 0.0110. The first-order valence-corrected chi connectivity index (χ1v) is 29.4. The van der Waals surface area contributed by atoms with Gasteiger partial charge in [0.05, 0.1) is 46.2 Å². The molecule has 1 spiro atoms. The highest BCUT2D eigenvalue weighted by atomic mass is 16.6. The zero-order chi connectivity index (χ0) is 51.4. The third kappa shape index (κ3) is 12.2. The largest absolute Gasteiger partial charge is 0.847 e. The van der Waals surface area contributed by atoms with E-state index in [2.05, 4.69) is 0 Å². The van der Waals surface area contributed by atoms with Crippen LogP contribution in [0, 0.1) is 53.3 Å². The van der Waals surface area contributed by atoms with Crippen LogP contribution in [0.1, 0.15) is 103 Å². The number of fused-ring (bicyclic) bond motifs is 15. The average molecular weight is 1040 g/mol. The van der Waals surface area contributed by atoms with E-state index >= 15 is 5.11 Å². The van der Waals surface area contributed by atoms with Gasteiger partial charge in [-0.15, -0.1) is 0 Å². The Balaban J connectivity index is 0.973. The molecule has 11 rings (SSSR count). The van der Waals surface area contributed by atoms with Crippen molar-refractivity contribution in [1.29, 1.82) is 0 Å². The molecule has 0 saturated heterocycles. The van der Waals surface area contributed by atoms with Gasteiger partial charge in [0.1, 0.15) is 45.2 Å². The fourth-order valence-corrected chi connectivity index (χ4v) is 15.5. The number of ether oxygens (including phenoxy) is 11. The van der Waals surface area contributed by atoms with Gasteiger partial charge in [-0.2, -0.15) is 0 Å². The summed E-state index contributed by atoms with van der Waals surface area (Å²) in [5.74, 6) is 7.88. The molecule has 4 aromatic carbocycles. The van der Waals surface area contributed by atoms with Crippen molar-refractivity contribution in [3.05, 3.63) is 97.1 Å². The van der Waals surface area contributed by atoms with Crippen LogP contribution in [0.5, 0.6) is 46.0 Å². The minimum atomic E-state index is -1.34. The first-order chi connectivity index (χ1) is 37.6. The molecule has 0 N–H and O–H groups in total. The molecule has 6 bridgehead atoms. The average Bonchev–Trinajstić information content (AvgIpc) is 3.67. The monoisotopic (exact) mass is 1040 g/mol. The lowest BCUT2D eigenvalue weighted by molar-refractivity contribution is -0.519. The zero-order valence-electron chi connectivity index (χ0n) is 44.8. The van der Waals surface area contributed by atoms with E-state index in [4.69, 9.17) is 52.1 Å². The predicted molar refractivity (Wildman–Crippen MR) is 288 cm³/mol. The van der Waals surface area contributed by atoms with Gasteiger partial charge in [-0.05, 0) is 147 Å². The number of rotatable bonds is 0. The van der Waals surface area contributed by atoms with E-state index in [1.165, 1.54) is 19.3 Å². The molecule has 412 valence electrons. The molecule has 0 amide bonds. The number of hydrogen-bond acceptors (Lipinski definition) is 12. The highest BCUT2D eigenvalue weighted by Crippen LogP contribution is 2.60. The fourth-order valence-electron chi connectivity index (χ4n) is 15.5. The van der Waals surface area contributed by atoms with Crippen molar-refractivity contribution in [2.24, 2.45) is 53.3 Å². The maximum atomic E-state index is 17.1. The standard InChI is InChI=1S/C64H83O12/c65-63-44-74-61-23-11-9-21-59(61)71-39-35-66-33-37-69-56-18-6-5-17-55(56)68-32-31-50(46-13-1-3-15-48(63)26-25-46)52-28-27-51-47-14-2-4-16-49(43-47)64(54(51)30-29-53(52)63)45-75-62-24-12-10-22-60(62)72-40-36-67-34-38-70-57-19-7-8-20-58(57)73-41-42-76-64/h5-12,17-24,46-54H,1-4,13-16,25-45H2/q-1/t46-,47?,48?,49-,50?,51+,52?,53?,54+,63-,64?/m1/s1. The van der Waals surface area contributed by atoms with Crippen molar-refractivity contribution in [3.8, 4) is 46.0 Å². The molecular weight excluding hydrogens is 961 g/mol. The molecule has 11 atom stereocenters. The molecule has 4 aromatic rings. The summed E-state index contributed by atoms with van der Waals surface area (Å²) in [6.07, 6.45) is 16.8. The maximum Gasteiger partial charge on any atom is 0.161 e. The van der Waals surface area contributed by atoms with Crippen LogP contribution >= 0.6 is 0 Å². The van der Waals surface area contributed by atoms with Crippen molar-refractivity contribution in [2.45, 2.75) is 114 Å². The summed E-state index contributed by atoms with van der Waals surface area (Å²) in [7, 11) is 0. The molecule has 12 nitrogen and oxygen atoms in total. The quantitative estimate of drug-likeness (QED) is 0.166. The van der Waals surface area contributed by atoms with Gasteiger partial charge in [-0.3, -0.25) is 0 Å². The van der Waals surface area contributed by atoms with E-state index in [1.807, 2.05) is 97.1 Å². The summed E-state index contributed by atoms with van der Waals surface area (Å²) in [5, 5.41) is 17.1. The summed E-state index contributed by atoms with van der Waals surface area (Å²) < 4.78 is 72.2. The SMILES string of the molecule is [O-][C@@]12COc3ccccc3OCCOCCOc3ccccc3OCCC(C3CC[C@H]4C5CCCC[C@H](C5)C5(COc6ccccc6OCCOCCOc6ccccc6OCCO5)[C@H]4CCC31)[C@@H]1CCCCC2CC1. The summed E-state index contributed by atoms with van der Waals surface area (Å²) in [6, 6.07) is 31.8. The highest BCUT2D eigenvalue weighted by Gasteiger charge is 2.58. The van der Waals surface area contributed by atoms with E-state index in [-0.39, 0.29) is 36.2 Å². The third-order valence-corrected chi connectivity index (χ3v) is 18.9. The number of hydrogen-bond donors (Lipinski definition) is 0. The molecule has 5 saturated carbocycles. The number of para-hydroxylation sites is 8. The van der Waals surface area contributed by atoms with Crippen LogP contribution in [0.2, 0.25) is 0 Å². The molecule has 5 fully saturated rings. The topological polar surface area (TPSA) is 125 Å². The van der Waals surface area contributed by atoms with Gasteiger partial charge in [0.2, 0.25) is 0 Å². The number of benzene rings is 4. The van der Waals surface area contributed by atoms with Crippen LogP contribution in [0.3, 0.4) is 0 Å². The zero-order valence-corrected chi connectivity index (χ0v) is 44.8. The van der Waals surface area contributed by atoms with Crippen molar-refractivity contribution in [2.75, 3.05) is 85.9 Å². The van der Waals surface area contributed by atoms with Crippen molar-refractivity contribution < 1.29 is 57.2 Å². The Kier molecular flexibility index (Phi) is 18.0. The molecule has 7 aliphatic rings. The molecule has 0 radical (unpaired) electrons. The first-order valence-electron chi connectivity index (χ1n) is 29.4. The molecule has 12 heteroatoms. The van der Waals surface area contributed by atoms with Gasteiger partial charge in [0.15, 0.2) is 46.0 Å². The molecule has 2 aliphatic heterocycles. The Hall–Kier alpha value is -4.88. The maximum absolute atomic E-state index is 17.1. The minimum Gasteiger partial charge on any atom is -0.847 e. The smallest absolute Gasteiger partial charge is 0.161 e. The van der Waals surface area contributed by atoms with E-state index in [0.717, 1.165) is 95.0 Å². The lowest BCUT2D eigenvalue weighted by Gasteiger charge is -2.62. The van der Waals surface area contributed by atoms with Gasteiger partial charge in [-0.25, -0.2) is 0 Å². The van der Waals surface area contributed by atoms with Crippen LogP contribution in [-0.2, 0) is 14.2 Å². The van der Waals surface area contributed by atoms with Gasteiger partial charge < -0.3 is 57.2 Å². The first kappa shape index (κ1) is 53.1.